The quantitative estimate of drug-likeness (QED) is 0.700. The Morgan fingerprint density at radius 1 is 1.26 bits per heavy atom. The molecule has 2 aromatic carbocycles. The summed E-state index contributed by atoms with van der Waals surface area (Å²) in [4.78, 5) is 16.8. The van der Waals surface area contributed by atoms with Gasteiger partial charge in [0, 0.05) is 42.0 Å². The van der Waals surface area contributed by atoms with Crippen LogP contribution in [0.1, 0.15) is 18.4 Å². The van der Waals surface area contributed by atoms with Gasteiger partial charge in [0.2, 0.25) is 0 Å². The van der Waals surface area contributed by atoms with E-state index in [1.165, 1.54) is 0 Å². The molecule has 27 heavy (non-hydrogen) atoms. The van der Waals surface area contributed by atoms with E-state index >= 15 is 0 Å². The fourth-order valence-corrected chi connectivity index (χ4v) is 3.94. The minimum Gasteiger partial charge on any atom is -0.381 e. The number of H-pyrrole nitrogens is 1. The number of likely N-dealkylation sites (tertiary alicyclic amines) is 1. The summed E-state index contributed by atoms with van der Waals surface area (Å²) < 4.78 is 14.2. The van der Waals surface area contributed by atoms with E-state index < -0.39 is 0 Å². The summed E-state index contributed by atoms with van der Waals surface area (Å²) in [6.45, 7) is 2.33. The first kappa shape index (κ1) is 18.0. The van der Waals surface area contributed by atoms with Crippen molar-refractivity contribution in [2.24, 2.45) is 0 Å². The fraction of sp³-hybridized carbons (Fsp3) is 0.286. The number of aromatic nitrogens is 1. The van der Waals surface area contributed by atoms with Crippen molar-refractivity contribution >= 4 is 28.1 Å². The average molecular weight is 386 g/mol. The molecule has 0 bridgehead atoms. The van der Waals surface area contributed by atoms with Crippen molar-refractivity contribution in [3.05, 3.63) is 75.4 Å². The van der Waals surface area contributed by atoms with Gasteiger partial charge in [-0.15, -0.1) is 0 Å². The standard InChI is InChI=1S/C21H21ClFN3O/c22-19-5-1-3-15(20(19)23)12-26-10-2-4-17(13-26)25-16-6-7-18-14(11-16)8-9-24-21(18)27/h1,3,5-9,11,17,25H,2,4,10,12-13H2,(H,24,27)/t17-/m1/s1. The summed E-state index contributed by atoms with van der Waals surface area (Å²) in [7, 11) is 0. The van der Waals surface area contributed by atoms with Gasteiger partial charge in [-0.25, -0.2) is 4.39 Å². The maximum absolute atomic E-state index is 14.2. The number of hydrogen-bond acceptors (Lipinski definition) is 3. The highest BCUT2D eigenvalue weighted by molar-refractivity contribution is 6.30. The summed E-state index contributed by atoms with van der Waals surface area (Å²) in [5, 5.41) is 5.33. The number of nitrogens with one attached hydrogen (secondary N) is 2. The molecule has 1 aliphatic rings. The summed E-state index contributed by atoms with van der Waals surface area (Å²) in [6.07, 6.45) is 3.77. The second-order valence-electron chi connectivity index (χ2n) is 7.04. The van der Waals surface area contributed by atoms with Crippen molar-refractivity contribution in [1.82, 2.24) is 9.88 Å². The molecule has 4 rings (SSSR count). The molecular weight excluding hydrogens is 365 g/mol. The molecule has 1 saturated heterocycles. The maximum atomic E-state index is 14.2. The average Bonchev–Trinajstić information content (AvgIpc) is 2.66. The van der Waals surface area contributed by atoms with Crippen molar-refractivity contribution < 1.29 is 4.39 Å². The van der Waals surface area contributed by atoms with E-state index in [4.69, 9.17) is 11.6 Å². The molecule has 0 spiro atoms. The van der Waals surface area contributed by atoms with Crippen molar-refractivity contribution in [2.45, 2.75) is 25.4 Å². The van der Waals surface area contributed by atoms with Gasteiger partial charge in [-0.2, -0.15) is 0 Å². The van der Waals surface area contributed by atoms with E-state index in [0.717, 1.165) is 37.0 Å². The Labute approximate surface area is 162 Å². The minimum atomic E-state index is -0.325. The normalized spacial score (nSPS) is 17.9. The molecule has 1 atom stereocenters. The Morgan fingerprint density at radius 3 is 3.04 bits per heavy atom. The van der Waals surface area contributed by atoms with Gasteiger partial charge < -0.3 is 10.3 Å². The molecule has 0 radical (unpaired) electrons. The van der Waals surface area contributed by atoms with E-state index in [0.29, 0.717) is 17.5 Å². The van der Waals surface area contributed by atoms with E-state index in [-0.39, 0.29) is 22.4 Å². The number of nitrogens with zero attached hydrogens (tertiary/aromatic N) is 1. The largest absolute Gasteiger partial charge is 0.381 e. The molecule has 140 valence electrons. The maximum Gasteiger partial charge on any atom is 0.255 e. The lowest BCUT2D eigenvalue weighted by atomic mass is 10.0. The van der Waals surface area contributed by atoms with Crippen LogP contribution in [0, 0.1) is 5.82 Å². The van der Waals surface area contributed by atoms with Crippen LogP contribution in [0.15, 0.2) is 53.5 Å². The van der Waals surface area contributed by atoms with Crippen LogP contribution in [-0.2, 0) is 6.54 Å². The molecular formula is C21H21ClFN3O. The zero-order chi connectivity index (χ0) is 18.8. The molecule has 1 aliphatic heterocycles. The number of rotatable bonds is 4. The smallest absolute Gasteiger partial charge is 0.255 e. The second kappa shape index (κ2) is 7.71. The SMILES string of the molecule is O=c1[nH]ccc2cc(N[C@@H]3CCCN(Cc4cccc(Cl)c4F)C3)ccc12. The molecule has 3 aromatic rings. The summed E-state index contributed by atoms with van der Waals surface area (Å²) in [5.74, 6) is -0.325. The van der Waals surface area contributed by atoms with Crippen molar-refractivity contribution in [3.8, 4) is 0 Å². The van der Waals surface area contributed by atoms with Gasteiger partial charge in [-0.1, -0.05) is 23.7 Å². The van der Waals surface area contributed by atoms with Crippen molar-refractivity contribution in [2.75, 3.05) is 18.4 Å². The number of fused-ring (bicyclic) bond motifs is 1. The molecule has 0 saturated carbocycles. The number of aromatic amines is 1. The van der Waals surface area contributed by atoms with Crippen LogP contribution in [-0.4, -0.2) is 29.0 Å². The third-order valence-electron chi connectivity index (χ3n) is 5.08. The number of pyridine rings is 1. The highest BCUT2D eigenvalue weighted by Gasteiger charge is 2.21. The van der Waals surface area contributed by atoms with E-state index in [1.807, 2.05) is 24.3 Å². The van der Waals surface area contributed by atoms with Crippen LogP contribution < -0.4 is 10.9 Å². The predicted octanol–water partition coefficient (Wildman–Crippen LogP) is 4.40. The van der Waals surface area contributed by atoms with Gasteiger partial charge in [-0.3, -0.25) is 9.69 Å². The molecule has 1 fully saturated rings. The van der Waals surface area contributed by atoms with Crippen molar-refractivity contribution in [3.63, 3.8) is 0 Å². The van der Waals surface area contributed by atoms with Crippen LogP contribution in [0.5, 0.6) is 0 Å². The van der Waals surface area contributed by atoms with E-state index in [9.17, 15) is 9.18 Å². The first-order chi connectivity index (χ1) is 13.1. The molecule has 2 heterocycles. The summed E-state index contributed by atoms with van der Waals surface area (Å²) >= 11 is 5.90. The van der Waals surface area contributed by atoms with Gasteiger partial charge in [0.25, 0.3) is 5.56 Å². The van der Waals surface area contributed by atoms with E-state index in [2.05, 4.69) is 15.2 Å². The summed E-state index contributed by atoms with van der Waals surface area (Å²) in [6, 6.07) is 13.1. The van der Waals surface area contributed by atoms with Gasteiger partial charge >= 0.3 is 0 Å². The first-order valence-electron chi connectivity index (χ1n) is 9.13. The second-order valence-corrected chi connectivity index (χ2v) is 7.45. The molecule has 0 aliphatic carbocycles. The Balaban J connectivity index is 1.45. The van der Waals surface area contributed by atoms with Gasteiger partial charge in [0.05, 0.1) is 5.02 Å². The zero-order valence-corrected chi connectivity index (χ0v) is 15.6. The Hall–Kier alpha value is -2.37. The van der Waals surface area contributed by atoms with Gasteiger partial charge in [-0.05, 0) is 55.1 Å². The Kier molecular flexibility index (Phi) is 5.14. The van der Waals surface area contributed by atoms with Gasteiger partial charge in [0.15, 0.2) is 0 Å². The fourth-order valence-electron chi connectivity index (χ4n) is 3.75. The molecule has 4 nitrogen and oxygen atoms in total. The Bertz CT molecular complexity index is 1020. The highest BCUT2D eigenvalue weighted by atomic mass is 35.5. The lowest BCUT2D eigenvalue weighted by molar-refractivity contribution is 0.206. The predicted molar refractivity (Wildman–Crippen MR) is 108 cm³/mol. The van der Waals surface area contributed by atoms with Crippen LogP contribution in [0.3, 0.4) is 0 Å². The lowest BCUT2D eigenvalue weighted by Crippen LogP contribution is -2.41. The monoisotopic (exact) mass is 385 g/mol. The first-order valence-corrected chi connectivity index (χ1v) is 9.51. The topological polar surface area (TPSA) is 48.1 Å². The molecule has 0 amide bonds. The van der Waals surface area contributed by atoms with E-state index in [1.54, 1.807) is 24.4 Å². The number of anilines is 1. The van der Waals surface area contributed by atoms with Crippen LogP contribution in [0.4, 0.5) is 10.1 Å². The third-order valence-corrected chi connectivity index (χ3v) is 5.37. The summed E-state index contributed by atoms with van der Waals surface area (Å²) in [5.41, 5.74) is 1.55. The third kappa shape index (κ3) is 3.99. The molecule has 6 heteroatoms. The number of hydrogen-bond donors (Lipinski definition) is 2. The highest BCUT2D eigenvalue weighted by Crippen LogP contribution is 2.23. The number of piperidine rings is 1. The van der Waals surface area contributed by atoms with Crippen LogP contribution >= 0.6 is 11.6 Å². The van der Waals surface area contributed by atoms with Crippen molar-refractivity contribution in [1.29, 1.82) is 0 Å². The molecule has 1 aromatic heterocycles. The molecule has 2 N–H and O–H groups in total. The number of halogens is 2. The zero-order valence-electron chi connectivity index (χ0n) is 14.8. The van der Waals surface area contributed by atoms with Gasteiger partial charge in [0.1, 0.15) is 5.82 Å². The van der Waals surface area contributed by atoms with Crippen LogP contribution in [0.25, 0.3) is 10.8 Å². The Morgan fingerprint density at radius 2 is 2.15 bits per heavy atom. The molecule has 0 unspecified atom stereocenters. The number of benzene rings is 2. The lowest BCUT2D eigenvalue weighted by Gasteiger charge is -2.33. The van der Waals surface area contributed by atoms with Crippen LogP contribution in [0.2, 0.25) is 5.02 Å². The minimum absolute atomic E-state index is 0.0774.